The van der Waals surface area contributed by atoms with E-state index >= 15 is 0 Å². The predicted molar refractivity (Wildman–Crippen MR) is 82.6 cm³/mol. The van der Waals surface area contributed by atoms with E-state index in [9.17, 15) is 19.8 Å². The van der Waals surface area contributed by atoms with Crippen molar-refractivity contribution in [1.29, 1.82) is 0 Å². The van der Waals surface area contributed by atoms with Crippen LogP contribution in [0.4, 0.5) is 0 Å². The van der Waals surface area contributed by atoms with Gasteiger partial charge in [0.15, 0.2) is 0 Å². The Balaban J connectivity index is 2.15. The van der Waals surface area contributed by atoms with Crippen molar-refractivity contribution in [3.05, 3.63) is 71.8 Å². The first-order chi connectivity index (χ1) is 11.1. The lowest BCUT2D eigenvalue weighted by molar-refractivity contribution is -0.178. The third-order valence-corrected chi connectivity index (χ3v) is 3.25. The molecule has 6 nitrogen and oxygen atoms in total. The molecule has 2 aromatic carbocycles. The van der Waals surface area contributed by atoms with Crippen molar-refractivity contribution in [3.63, 3.8) is 0 Å². The quantitative estimate of drug-likeness (QED) is 0.671. The number of hydrogen-bond acceptors (Lipinski definition) is 4. The number of nitrogens with one attached hydrogen (secondary N) is 1. The lowest BCUT2D eigenvalue weighted by Gasteiger charge is -2.28. The molecule has 0 fully saturated rings. The van der Waals surface area contributed by atoms with Crippen LogP contribution >= 0.6 is 0 Å². The van der Waals surface area contributed by atoms with Gasteiger partial charge < -0.3 is 20.3 Å². The van der Waals surface area contributed by atoms with Crippen LogP contribution in [0, 0.1) is 0 Å². The predicted octanol–water partition coefficient (Wildman–Crippen LogP) is 1.41. The van der Waals surface area contributed by atoms with Gasteiger partial charge in [0.25, 0.3) is 11.6 Å². The number of benzene rings is 2. The number of carbonyl (C=O) groups excluding carboxylic acids is 1. The minimum Gasteiger partial charge on any atom is -0.478 e. The molecule has 0 unspecified atom stereocenters. The summed E-state index contributed by atoms with van der Waals surface area (Å²) >= 11 is 0. The van der Waals surface area contributed by atoms with Gasteiger partial charge in [0, 0.05) is 5.56 Å². The molecule has 0 aliphatic heterocycles. The molecule has 23 heavy (non-hydrogen) atoms. The highest BCUT2D eigenvalue weighted by molar-refractivity contribution is 5.97. The van der Waals surface area contributed by atoms with Gasteiger partial charge in [-0.25, -0.2) is 4.79 Å². The largest absolute Gasteiger partial charge is 0.478 e. The molecule has 0 radical (unpaired) electrons. The molecule has 1 atom stereocenters. The summed E-state index contributed by atoms with van der Waals surface area (Å²) in [6.45, 7) is -0.962. The Morgan fingerprint density at radius 1 is 1.00 bits per heavy atom. The Labute approximate surface area is 133 Å². The Morgan fingerprint density at radius 2 is 1.57 bits per heavy atom. The van der Waals surface area contributed by atoms with E-state index in [1.165, 1.54) is 12.1 Å². The minimum absolute atomic E-state index is 0.0667. The van der Waals surface area contributed by atoms with Crippen molar-refractivity contribution in [2.24, 2.45) is 0 Å². The number of carboxylic acids is 1. The van der Waals surface area contributed by atoms with E-state index < -0.39 is 24.2 Å². The summed E-state index contributed by atoms with van der Waals surface area (Å²) in [5.41, 5.74) is -1.21. The highest BCUT2D eigenvalue weighted by Gasteiger charge is 2.41. The Hall–Kier alpha value is -2.70. The maximum Gasteiger partial charge on any atom is 0.359 e. The lowest BCUT2D eigenvalue weighted by Crippen LogP contribution is -2.59. The SMILES string of the molecule is O=C(N[C@](CO)(OCc1ccccc1)C(=O)O)c1ccccc1. The number of carbonyl (C=O) groups is 2. The van der Waals surface area contributed by atoms with E-state index in [4.69, 9.17) is 4.74 Å². The summed E-state index contributed by atoms with van der Waals surface area (Å²) in [4.78, 5) is 23.7. The summed E-state index contributed by atoms with van der Waals surface area (Å²) in [5.74, 6) is -2.12. The van der Waals surface area contributed by atoms with Crippen LogP contribution in [-0.2, 0) is 16.1 Å². The smallest absolute Gasteiger partial charge is 0.359 e. The number of aliphatic hydroxyl groups is 1. The zero-order valence-corrected chi connectivity index (χ0v) is 12.3. The number of amides is 1. The fourth-order valence-corrected chi connectivity index (χ4v) is 1.93. The monoisotopic (exact) mass is 315 g/mol. The van der Waals surface area contributed by atoms with Gasteiger partial charge in [-0.3, -0.25) is 4.79 Å². The first-order valence-corrected chi connectivity index (χ1v) is 6.97. The fourth-order valence-electron chi connectivity index (χ4n) is 1.93. The molecular formula is C17H17NO5. The highest BCUT2D eigenvalue weighted by atomic mass is 16.6. The maximum atomic E-state index is 12.2. The average Bonchev–Trinajstić information content (AvgIpc) is 2.60. The van der Waals surface area contributed by atoms with E-state index in [1.54, 1.807) is 42.5 Å². The van der Waals surface area contributed by atoms with E-state index in [0.717, 1.165) is 5.56 Å². The molecule has 6 heteroatoms. The van der Waals surface area contributed by atoms with Crippen LogP contribution in [0.15, 0.2) is 60.7 Å². The van der Waals surface area contributed by atoms with Crippen molar-refractivity contribution in [2.75, 3.05) is 6.61 Å². The van der Waals surface area contributed by atoms with Gasteiger partial charge in [0.1, 0.15) is 6.61 Å². The van der Waals surface area contributed by atoms with Gasteiger partial charge in [0.2, 0.25) is 0 Å². The Morgan fingerprint density at radius 3 is 2.09 bits per heavy atom. The molecule has 0 saturated heterocycles. The second-order valence-electron chi connectivity index (χ2n) is 4.88. The molecule has 2 rings (SSSR count). The molecular weight excluding hydrogens is 298 g/mol. The van der Waals surface area contributed by atoms with Crippen LogP contribution in [0.2, 0.25) is 0 Å². The van der Waals surface area contributed by atoms with Crippen molar-refractivity contribution in [1.82, 2.24) is 5.32 Å². The third-order valence-electron chi connectivity index (χ3n) is 3.25. The first kappa shape index (κ1) is 16.7. The normalized spacial score (nSPS) is 13.1. The van der Waals surface area contributed by atoms with Crippen LogP contribution in [-0.4, -0.2) is 34.4 Å². The van der Waals surface area contributed by atoms with Crippen molar-refractivity contribution >= 4 is 11.9 Å². The second kappa shape index (κ2) is 7.53. The van der Waals surface area contributed by atoms with Crippen LogP contribution < -0.4 is 5.32 Å². The molecule has 0 saturated carbocycles. The first-order valence-electron chi connectivity index (χ1n) is 6.97. The van der Waals surface area contributed by atoms with Crippen molar-refractivity contribution < 1.29 is 24.5 Å². The molecule has 2 aromatic rings. The van der Waals surface area contributed by atoms with Gasteiger partial charge >= 0.3 is 5.97 Å². The van der Waals surface area contributed by atoms with Gasteiger partial charge in [0.05, 0.1) is 6.61 Å². The fraction of sp³-hybridized carbons (Fsp3) is 0.176. The van der Waals surface area contributed by atoms with E-state index in [0.29, 0.717) is 0 Å². The molecule has 0 aliphatic rings. The summed E-state index contributed by atoms with van der Waals surface area (Å²) in [6.07, 6.45) is 0. The van der Waals surface area contributed by atoms with E-state index in [1.807, 2.05) is 6.07 Å². The standard InChI is InChI=1S/C17H17NO5/c19-12-17(16(21)22,23-11-13-7-3-1-4-8-13)18-15(20)14-9-5-2-6-10-14/h1-10,19H,11-12H2,(H,18,20)(H,21,22)/t17-/m1/s1. The number of ether oxygens (including phenoxy) is 1. The average molecular weight is 315 g/mol. The van der Waals surface area contributed by atoms with E-state index in [2.05, 4.69) is 5.32 Å². The molecule has 0 heterocycles. The van der Waals surface area contributed by atoms with Crippen LogP contribution in [0.25, 0.3) is 0 Å². The number of aliphatic carboxylic acids is 1. The second-order valence-corrected chi connectivity index (χ2v) is 4.88. The van der Waals surface area contributed by atoms with Crippen LogP contribution in [0.1, 0.15) is 15.9 Å². The number of hydrogen-bond donors (Lipinski definition) is 3. The molecule has 0 spiro atoms. The maximum absolute atomic E-state index is 12.2. The lowest BCUT2D eigenvalue weighted by atomic mass is 10.1. The summed E-state index contributed by atoms with van der Waals surface area (Å²) in [7, 11) is 0. The number of aliphatic hydroxyl groups excluding tert-OH is 1. The number of carboxylic acid groups (broad SMARTS) is 1. The molecule has 0 aromatic heterocycles. The Kier molecular flexibility index (Phi) is 5.46. The molecule has 0 aliphatic carbocycles. The molecule has 0 bridgehead atoms. The summed E-state index contributed by atoms with van der Waals surface area (Å²) in [6, 6.07) is 17.0. The van der Waals surface area contributed by atoms with Crippen LogP contribution in [0.3, 0.4) is 0 Å². The molecule has 1 amide bonds. The highest BCUT2D eigenvalue weighted by Crippen LogP contribution is 2.13. The molecule has 120 valence electrons. The summed E-state index contributed by atoms with van der Waals surface area (Å²) in [5, 5.41) is 21.2. The van der Waals surface area contributed by atoms with Crippen molar-refractivity contribution in [3.8, 4) is 0 Å². The van der Waals surface area contributed by atoms with Gasteiger partial charge in [-0.1, -0.05) is 48.5 Å². The van der Waals surface area contributed by atoms with Gasteiger partial charge in [-0.15, -0.1) is 0 Å². The molecule has 3 N–H and O–H groups in total. The van der Waals surface area contributed by atoms with E-state index in [-0.39, 0.29) is 12.2 Å². The number of rotatable bonds is 7. The van der Waals surface area contributed by atoms with Crippen LogP contribution in [0.5, 0.6) is 0 Å². The summed E-state index contributed by atoms with van der Waals surface area (Å²) < 4.78 is 5.34. The van der Waals surface area contributed by atoms with Gasteiger partial charge in [-0.2, -0.15) is 0 Å². The zero-order chi connectivity index (χ0) is 16.7. The van der Waals surface area contributed by atoms with Gasteiger partial charge in [-0.05, 0) is 17.7 Å². The zero-order valence-electron chi connectivity index (χ0n) is 12.3. The van der Waals surface area contributed by atoms with Crippen molar-refractivity contribution in [2.45, 2.75) is 12.3 Å². The minimum atomic E-state index is -2.21. The third kappa shape index (κ3) is 4.15. The topological polar surface area (TPSA) is 95.9 Å². The Bertz CT molecular complexity index is 659.